The lowest BCUT2D eigenvalue weighted by atomic mass is 9.33. The lowest BCUT2D eigenvalue weighted by molar-refractivity contribution is -0.401. The van der Waals surface area contributed by atoms with Gasteiger partial charge in [-0.15, -0.1) is 6.58 Å². The molecule has 0 aromatic carbocycles. The maximum Gasteiger partial charge on any atom is 0.333 e. The van der Waals surface area contributed by atoms with Gasteiger partial charge in [0.2, 0.25) is 6.29 Å². The molecule has 0 spiro atoms. The Bertz CT molecular complexity index is 3710. The number of carbonyl (C=O) groups excluding carboxylic acids is 2. The first-order chi connectivity index (χ1) is 58.6. The standard InChI is InChI=1S/C84H134O41/c1-12-80(8,108)19-13-14-33(2)68(106)109-31-42-53(96)56(99)66(124-75-67(123-73-60(103)54(97)51(94)41(26-85)116-73)61(104)63(34(3)115-75)120-71-62(105)64(40(89)30-112-71)121-69-57(100)48(91)37(86)27-110-69)76(118-42)125-77(107)84-23-22-78(4,5)24-36(84)35-15-16-45-81(9)20-18-47(79(6,7)44(81)17-21-82(45,10)83(35,11)25-46(84)90)119-72-59(102)55(98)52(95)43(117-72)32-114-74-65(50(93)39(88)29-113-74)122-70-58(101)49(92)38(87)28-111-70/h12,14-15,34,36-67,69-76,85-105,108H,1,13,16-32H2,2-11H3/b33-14+/t34-,36-,37+,38+,39-,40+,41+,42+,43+,44-,45+,46+,47-,48-,49-,50-,51-,52+,53+,54-,55-,56-,57+,58+,59+,60+,61+,62+,63-,64-,65+,66+,67+,69-,70-,71-,72-,73-,74-,75-,76-,80+,81-,82+,83+,84+/m0/s1. The molecule has 13 rings (SSSR count). The maximum absolute atomic E-state index is 16.4. The first-order valence-corrected chi connectivity index (χ1v) is 43.6. The normalized spacial score (nSPS) is 51.2. The van der Waals surface area contributed by atoms with E-state index in [2.05, 4.69) is 61.1 Å². The van der Waals surface area contributed by atoms with Crippen LogP contribution in [-0.2, 0) is 90.1 Å². The van der Waals surface area contributed by atoms with Gasteiger partial charge in [0.15, 0.2) is 50.1 Å². The van der Waals surface area contributed by atoms with E-state index in [0.29, 0.717) is 44.9 Å². The van der Waals surface area contributed by atoms with E-state index in [-0.39, 0.29) is 43.1 Å². The molecule has 0 bridgehead atoms. The van der Waals surface area contributed by atoms with E-state index in [9.17, 15) is 117 Å². The summed E-state index contributed by atoms with van der Waals surface area (Å²) < 4.78 is 103. The van der Waals surface area contributed by atoms with Gasteiger partial charge in [-0.05, 0) is 136 Å². The van der Waals surface area contributed by atoms with E-state index in [0.717, 1.165) is 5.57 Å². The van der Waals surface area contributed by atoms with Crippen LogP contribution in [0.5, 0.6) is 0 Å². The fourth-order valence-electron chi connectivity index (χ4n) is 22.3. The lowest BCUT2D eigenvalue weighted by Gasteiger charge is -2.71. The molecule has 716 valence electrons. The predicted molar refractivity (Wildman–Crippen MR) is 417 cm³/mol. The van der Waals surface area contributed by atoms with Crippen molar-refractivity contribution in [1.82, 2.24) is 0 Å². The number of allylic oxidation sites excluding steroid dienone is 3. The van der Waals surface area contributed by atoms with Gasteiger partial charge in [0.1, 0.15) is 171 Å². The molecule has 0 unspecified atom stereocenters. The van der Waals surface area contributed by atoms with E-state index < -0.39 is 336 Å². The summed E-state index contributed by atoms with van der Waals surface area (Å²) in [7, 11) is 0. The first kappa shape index (κ1) is 99.2. The third kappa shape index (κ3) is 18.9. The molecule has 41 heteroatoms. The molecule has 125 heavy (non-hydrogen) atoms. The summed E-state index contributed by atoms with van der Waals surface area (Å²) in [6.45, 7) is 18.5. The van der Waals surface area contributed by atoms with Crippen LogP contribution in [0.25, 0.3) is 0 Å². The molecule has 0 aromatic heterocycles. The van der Waals surface area contributed by atoms with Crippen LogP contribution in [0.2, 0.25) is 0 Å². The Morgan fingerprint density at radius 1 is 0.504 bits per heavy atom. The van der Waals surface area contributed by atoms with Crippen LogP contribution >= 0.6 is 0 Å². The highest BCUT2D eigenvalue weighted by Crippen LogP contribution is 2.76. The average Bonchev–Trinajstić information content (AvgIpc) is 0.669. The van der Waals surface area contributed by atoms with Gasteiger partial charge in [0.05, 0.1) is 63.6 Å². The van der Waals surface area contributed by atoms with E-state index in [1.807, 2.05) is 0 Å². The van der Waals surface area contributed by atoms with Crippen molar-refractivity contribution in [2.75, 3.05) is 46.2 Å². The molecule has 4 saturated carbocycles. The molecule has 0 radical (unpaired) electrons. The van der Waals surface area contributed by atoms with E-state index in [4.69, 9.17) is 80.5 Å². The van der Waals surface area contributed by atoms with Gasteiger partial charge in [0, 0.05) is 5.57 Å². The van der Waals surface area contributed by atoms with Crippen LogP contribution in [0.3, 0.4) is 0 Å². The highest BCUT2D eigenvalue weighted by Gasteiger charge is 2.73. The monoisotopic (exact) mass is 1800 g/mol. The molecule has 8 aliphatic heterocycles. The number of aliphatic hydroxyl groups is 22. The summed E-state index contributed by atoms with van der Waals surface area (Å²) in [6.07, 6.45) is -58.3. The zero-order valence-electron chi connectivity index (χ0n) is 71.9. The summed E-state index contributed by atoms with van der Waals surface area (Å²) in [5.41, 5.74) is -5.09. The Hall–Kier alpha value is -3.32. The van der Waals surface area contributed by atoms with Gasteiger partial charge in [-0.2, -0.15) is 0 Å². The Labute approximate surface area is 723 Å². The van der Waals surface area contributed by atoms with Gasteiger partial charge in [-0.1, -0.05) is 72.3 Å². The molecule has 0 amide bonds. The summed E-state index contributed by atoms with van der Waals surface area (Å²) in [5, 5.41) is 246. The smallest absolute Gasteiger partial charge is 0.333 e. The van der Waals surface area contributed by atoms with Crippen LogP contribution in [0.1, 0.15) is 140 Å². The second-order valence-electron chi connectivity index (χ2n) is 39.2. The number of hydrogen-bond donors (Lipinski definition) is 22. The third-order valence-electron chi connectivity index (χ3n) is 30.3. The van der Waals surface area contributed by atoms with Crippen LogP contribution in [-0.4, -0.2) is 410 Å². The fraction of sp³-hybridized carbons (Fsp3) is 0.905. The molecule has 13 aliphatic rings. The maximum atomic E-state index is 16.4. The Kier molecular flexibility index (Phi) is 30.6. The average molecular weight is 1800 g/mol. The first-order valence-electron chi connectivity index (χ1n) is 43.6. The van der Waals surface area contributed by atoms with Crippen LogP contribution in [0.15, 0.2) is 36.0 Å². The number of aliphatic hydroxyl groups excluding tert-OH is 21. The highest BCUT2D eigenvalue weighted by atomic mass is 16.8. The summed E-state index contributed by atoms with van der Waals surface area (Å²) in [6, 6.07) is 0. The predicted octanol–water partition coefficient (Wildman–Crippen LogP) is -5.97. The van der Waals surface area contributed by atoms with Crippen LogP contribution < -0.4 is 0 Å². The van der Waals surface area contributed by atoms with Gasteiger partial charge >= 0.3 is 11.9 Å². The largest absolute Gasteiger partial charge is 0.459 e. The SMILES string of the molecule is C=C[C@@](C)(O)CC/C=C(\C)C(=O)OC[C@H]1O[C@@H](OC(=O)[C@]23CCC(C)(C)C[C@H]2C2=CC[C@@H]4[C@@]5(C)CC[C@H](O[C@@H]6O[C@H](CO[C@@H]7OC[C@H](O)[C@H](O)[C@H]7O[C@@H]7OC[C@@H](O)[C@H](O)[C@H]7O)[C@@H](O)[C@H](O)[C@H]6O)C(C)(C)[C@@H]5CC[C@@]4(C)[C@]2(C)C[C@H]3O)[C@H](O[C@@H]2O[C@@H](C)[C@H](O[C@@H]3OC[C@@H](O)[C@H](O[C@@H]4OC[C@@H](O)[C@H](O)[C@H]4O)[C@H]3O)[C@@H](O)[C@H]2O[C@@H]2O[C@H](CO)[C@H](O)[C@H](O)[C@H]2O)[C@@H](O)[C@@H]1O. The van der Waals surface area contributed by atoms with E-state index in [1.165, 1.54) is 32.9 Å². The number of carbonyl (C=O) groups is 2. The summed E-state index contributed by atoms with van der Waals surface area (Å²) >= 11 is 0. The van der Waals surface area contributed by atoms with Gasteiger partial charge in [0.25, 0.3) is 0 Å². The van der Waals surface area contributed by atoms with Gasteiger partial charge in [-0.25, -0.2) is 4.79 Å². The number of ether oxygens (including phenoxy) is 17. The molecule has 8 heterocycles. The van der Waals surface area contributed by atoms with Crippen molar-refractivity contribution in [3.05, 3.63) is 36.0 Å². The minimum Gasteiger partial charge on any atom is -0.459 e. The highest BCUT2D eigenvalue weighted by molar-refractivity contribution is 5.87. The number of esters is 2. The van der Waals surface area contributed by atoms with Crippen molar-refractivity contribution in [3.8, 4) is 0 Å². The molecule has 0 aromatic rings. The van der Waals surface area contributed by atoms with E-state index >= 15 is 4.79 Å². The molecule has 5 aliphatic carbocycles. The Balaban J connectivity index is 0.762. The number of hydrogen-bond acceptors (Lipinski definition) is 41. The number of rotatable bonds is 25. The molecule has 46 atom stereocenters. The Morgan fingerprint density at radius 2 is 1.01 bits per heavy atom. The Morgan fingerprint density at radius 3 is 1.63 bits per heavy atom. The summed E-state index contributed by atoms with van der Waals surface area (Å²) in [5.74, 6) is -2.83. The van der Waals surface area contributed by atoms with Crippen LogP contribution in [0, 0.1) is 50.2 Å². The quantitative estimate of drug-likeness (QED) is 0.0175. The lowest BCUT2D eigenvalue weighted by Crippen LogP contribution is -2.69. The second kappa shape index (κ2) is 38.6. The van der Waals surface area contributed by atoms with Crippen LogP contribution in [0.4, 0.5) is 0 Å². The van der Waals surface area contributed by atoms with Crippen molar-refractivity contribution in [1.29, 1.82) is 0 Å². The zero-order chi connectivity index (χ0) is 91.4. The van der Waals surface area contributed by atoms with Crippen molar-refractivity contribution in [2.24, 2.45) is 50.2 Å². The molecular weight excluding hydrogens is 1660 g/mol. The third-order valence-corrected chi connectivity index (χ3v) is 30.3. The minimum atomic E-state index is -2.25. The molecule has 12 fully saturated rings. The van der Waals surface area contributed by atoms with Gasteiger partial charge < -0.3 is 193 Å². The molecule has 41 nitrogen and oxygen atoms in total. The van der Waals surface area contributed by atoms with E-state index in [1.54, 1.807) is 0 Å². The molecular formula is C84H134O41. The topological polar surface area (TPSA) is 636 Å². The second-order valence-corrected chi connectivity index (χ2v) is 39.2. The van der Waals surface area contributed by atoms with Crippen molar-refractivity contribution >= 4 is 11.9 Å². The van der Waals surface area contributed by atoms with Crippen molar-refractivity contribution in [2.45, 2.75) is 379 Å². The zero-order valence-corrected chi connectivity index (χ0v) is 71.9. The minimum absolute atomic E-state index is 0.0274. The van der Waals surface area contributed by atoms with Crippen molar-refractivity contribution < 1.29 is 202 Å². The van der Waals surface area contributed by atoms with Gasteiger partial charge in [-0.3, -0.25) is 4.79 Å². The number of fused-ring (bicyclic) bond motifs is 7. The molecule has 22 N–H and O–H groups in total. The fourth-order valence-corrected chi connectivity index (χ4v) is 22.3. The van der Waals surface area contributed by atoms with Crippen molar-refractivity contribution in [3.63, 3.8) is 0 Å². The summed E-state index contributed by atoms with van der Waals surface area (Å²) in [4.78, 5) is 30.2. The molecule has 8 saturated heterocycles.